The number of fused-ring (bicyclic) bond motifs is 1. The molecule has 0 atom stereocenters. The molecular weight excluding hydrogens is 387 g/mol. The number of hydrogen-bond acceptors (Lipinski definition) is 5. The Labute approximate surface area is 175 Å². The van der Waals surface area contributed by atoms with E-state index in [9.17, 15) is 14.0 Å². The molecule has 0 radical (unpaired) electrons. The molecule has 1 saturated heterocycles. The topological polar surface area (TPSA) is 59.1 Å². The molecule has 0 N–H and O–H groups in total. The van der Waals surface area contributed by atoms with Gasteiger partial charge in [0.05, 0.1) is 13.2 Å². The van der Waals surface area contributed by atoms with E-state index in [2.05, 4.69) is 4.90 Å². The van der Waals surface area contributed by atoms with Crippen LogP contribution in [0.5, 0.6) is 11.5 Å². The summed E-state index contributed by atoms with van der Waals surface area (Å²) in [4.78, 5) is 29.0. The highest BCUT2D eigenvalue weighted by Gasteiger charge is 2.22. The Morgan fingerprint density at radius 3 is 2.30 bits per heavy atom. The number of carbonyl (C=O) groups is 2. The van der Waals surface area contributed by atoms with Crippen LogP contribution in [0.15, 0.2) is 42.5 Å². The number of carbonyl (C=O) groups excluding carboxylic acids is 2. The molecule has 2 aromatic rings. The SMILES string of the molecule is O=C(CCC(=O)N1CCN(c2ccc(F)cc2)CC1)c1ccc2c(c1)OCCCO2. The molecule has 2 aliphatic rings. The molecule has 2 heterocycles. The number of anilines is 1. The Bertz CT molecular complexity index is 908. The summed E-state index contributed by atoms with van der Waals surface area (Å²) >= 11 is 0. The summed E-state index contributed by atoms with van der Waals surface area (Å²) in [6.45, 7) is 3.72. The molecule has 1 fully saturated rings. The van der Waals surface area contributed by atoms with Crippen LogP contribution in [0.2, 0.25) is 0 Å². The van der Waals surface area contributed by atoms with Crippen molar-refractivity contribution in [2.75, 3.05) is 44.3 Å². The van der Waals surface area contributed by atoms with Crippen molar-refractivity contribution < 1.29 is 23.5 Å². The Morgan fingerprint density at radius 1 is 0.867 bits per heavy atom. The number of piperazine rings is 1. The molecule has 0 aromatic heterocycles. The van der Waals surface area contributed by atoms with Crippen LogP contribution in [-0.4, -0.2) is 56.0 Å². The average Bonchev–Trinajstić information content (AvgIpc) is 3.03. The molecule has 0 unspecified atom stereocenters. The van der Waals surface area contributed by atoms with Gasteiger partial charge in [0.15, 0.2) is 17.3 Å². The average molecular weight is 412 g/mol. The number of hydrogen-bond donors (Lipinski definition) is 0. The predicted molar refractivity (Wildman–Crippen MR) is 111 cm³/mol. The molecule has 0 spiro atoms. The van der Waals surface area contributed by atoms with Crippen molar-refractivity contribution in [1.29, 1.82) is 0 Å². The van der Waals surface area contributed by atoms with Crippen LogP contribution < -0.4 is 14.4 Å². The Balaban J connectivity index is 1.27. The minimum absolute atomic E-state index is 0.0172. The normalized spacial score (nSPS) is 16.2. The predicted octanol–water partition coefficient (Wildman–Crippen LogP) is 3.30. The molecule has 0 saturated carbocycles. The summed E-state index contributed by atoms with van der Waals surface area (Å²) in [6, 6.07) is 11.6. The molecule has 1 amide bonds. The lowest BCUT2D eigenvalue weighted by molar-refractivity contribution is -0.131. The Morgan fingerprint density at radius 2 is 1.57 bits per heavy atom. The van der Waals surface area contributed by atoms with Crippen molar-refractivity contribution in [1.82, 2.24) is 4.90 Å². The fraction of sp³-hybridized carbons (Fsp3) is 0.391. The summed E-state index contributed by atoms with van der Waals surface area (Å²) in [6.07, 6.45) is 1.15. The molecule has 2 aliphatic heterocycles. The number of nitrogens with zero attached hydrogens (tertiary/aromatic N) is 2. The number of Topliss-reactive ketones (excluding diaryl/α,β-unsaturated/α-hetero) is 1. The van der Waals surface area contributed by atoms with E-state index in [0.29, 0.717) is 56.5 Å². The largest absolute Gasteiger partial charge is 0.490 e. The van der Waals surface area contributed by atoms with Crippen molar-refractivity contribution in [2.24, 2.45) is 0 Å². The molecular formula is C23H25FN2O4. The van der Waals surface area contributed by atoms with Gasteiger partial charge in [-0.05, 0) is 42.5 Å². The second-order valence-corrected chi connectivity index (χ2v) is 7.48. The minimum atomic E-state index is -0.259. The fourth-order valence-corrected chi connectivity index (χ4v) is 3.73. The molecule has 0 bridgehead atoms. The van der Waals surface area contributed by atoms with Crippen molar-refractivity contribution in [2.45, 2.75) is 19.3 Å². The summed E-state index contributed by atoms with van der Waals surface area (Å²) in [5.74, 6) is 0.881. The zero-order chi connectivity index (χ0) is 20.9. The van der Waals surface area contributed by atoms with E-state index in [1.807, 2.05) is 0 Å². The quantitative estimate of drug-likeness (QED) is 0.706. The second kappa shape index (κ2) is 9.15. The number of benzene rings is 2. The first-order valence-corrected chi connectivity index (χ1v) is 10.3. The third-order valence-electron chi connectivity index (χ3n) is 5.46. The first-order valence-electron chi connectivity index (χ1n) is 10.3. The maximum absolute atomic E-state index is 13.1. The van der Waals surface area contributed by atoms with Gasteiger partial charge >= 0.3 is 0 Å². The van der Waals surface area contributed by atoms with Crippen LogP contribution in [0.25, 0.3) is 0 Å². The molecule has 0 aliphatic carbocycles. The van der Waals surface area contributed by atoms with Gasteiger partial charge in [-0.2, -0.15) is 0 Å². The summed E-state index contributed by atoms with van der Waals surface area (Å²) in [5.41, 5.74) is 1.49. The highest BCUT2D eigenvalue weighted by molar-refractivity contribution is 5.98. The third-order valence-corrected chi connectivity index (χ3v) is 5.46. The van der Waals surface area contributed by atoms with Crippen LogP contribution >= 0.6 is 0 Å². The maximum Gasteiger partial charge on any atom is 0.223 e. The zero-order valence-corrected chi connectivity index (χ0v) is 16.8. The van der Waals surface area contributed by atoms with Gasteiger partial charge in [-0.25, -0.2) is 4.39 Å². The van der Waals surface area contributed by atoms with E-state index in [1.165, 1.54) is 12.1 Å². The minimum Gasteiger partial charge on any atom is -0.490 e. The van der Waals surface area contributed by atoms with Gasteiger partial charge in [-0.3, -0.25) is 9.59 Å². The van der Waals surface area contributed by atoms with Crippen molar-refractivity contribution in [3.63, 3.8) is 0 Å². The molecule has 2 aromatic carbocycles. The molecule has 7 heteroatoms. The molecule has 4 rings (SSSR count). The number of amides is 1. The summed E-state index contributed by atoms with van der Waals surface area (Å²) in [7, 11) is 0. The van der Waals surface area contributed by atoms with Gasteiger partial charge < -0.3 is 19.3 Å². The van der Waals surface area contributed by atoms with E-state index in [0.717, 1.165) is 12.1 Å². The van der Waals surface area contributed by atoms with E-state index >= 15 is 0 Å². The summed E-state index contributed by atoms with van der Waals surface area (Å²) in [5, 5.41) is 0. The van der Waals surface area contributed by atoms with Crippen molar-refractivity contribution in [3.8, 4) is 11.5 Å². The Hall–Kier alpha value is -3.09. The van der Waals surface area contributed by atoms with Gasteiger partial charge in [0.2, 0.25) is 5.91 Å². The lowest BCUT2D eigenvalue weighted by Crippen LogP contribution is -2.48. The fourth-order valence-electron chi connectivity index (χ4n) is 3.73. The van der Waals surface area contributed by atoms with E-state index in [-0.39, 0.29) is 30.3 Å². The maximum atomic E-state index is 13.1. The molecule has 6 nitrogen and oxygen atoms in total. The lowest BCUT2D eigenvalue weighted by Gasteiger charge is -2.36. The summed E-state index contributed by atoms with van der Waals surface area (Å²) < 4.78 is 24.3. The van der Waals surface area contributed by atoms with Crippen LogP contribution in [0.4, 0.5) is 10.1 Å². The monoisotopic (exact) mass is 412 g/mol. The van der Waals surface area contributed by atoms with Crippen molar-refractivity contribution in [3.05, 3.63) is 53.8 Å². The smallest absolute Gasteiger partial charge is 0.223 e. The number of ketones is 1. The van der Waals surface area contributed by atoms with Gasteiger partial charge in [0.1, 0.15) is 5.82 Å². The lowest BCUT2D eigenvalue weighted by atomic mass is 10.1. The van der Waals surface area contributed by atoms with E-state index < -0.39 is 0 Å². The van der Waals surface area contributed by atoms with Crippen LogP contribution in [0.1, 0.15) is 29.6 Å². The van der Waals surface area contributed by atoms with Crippen LogP contribution in [-0.2, 0) is 4.79 Å². The van der Waals surface area contributed by atoms with Gasteiger partial charge in [-0.15, -0.1) is 0 Å². The van der Waals surface area contributed by atoms with Crippen molar-refractivity contribution >= 4 is 17.4 Å². The highest BCUT2D eigenvalue weighted by atomic mass is 19.1. The molecule has 158 valence electrons. The van der Waals surface area contributed by atoms with Gasteiger partial charge in [0, 0.05) is 56.7 Å². The number of ether oxygens (including phenoxy) is 2. The third kappa shape index (κ3) is 4.72. The first-order chi connectivity index (χ1) is 14.6. The van der Waals surface area contributed by atoms with Gasteiger partial charge in [0.25, 0.3) is 0 Å². The number of halogens is 1. The van der Waals surface area contributed by atoms with Crippen LogP contribution in [0.3, 0.4) is 0 Å². The zero-order valence-electron chi connectivity index (χ0n) is 16.8. The van der Waals surface area contributed by atoms with E-state index in [4.69, 9.17) is 9.47 Å². The Kier molecular flexibility index (Phi) is 6.16. The van der Waals surface area contributed by atoms with Gasteiger partial charge in [-0.1, -0.05) is 0 Å². The first kappa shape index (κ1) is 20.2. The molecule has 30 heavy (non-hydrogen) atoms. The van der Waals surface area contributed by atoms with E-state index in [1.54, 1.807) is 35.2 Å². The standard InChI is InChI=1S/C23H25FN2O4/c24-18-3-5-19(6-4-18)25-10-12-26(13-11-25)23(28)9-7-20(27)17-2-8-21-22(16-17)30-15-1-14-29-21/h2-6,8,16H,1,7,9-15H2. The number of rotatable bonds is 5. The highest BCUT2D eigenvalue weighted by Crippen LogP contribution is 2.31. The van der Waals surface area contributed by atoms with Crippen LogP contribution in [0, 0.1) is 5.82 Å². The second-order valence-electron chi connectivity index (χ2n) is 7.48.